The molecule has 11 aromatic rings. The second-order valence-corrected chi connectivity index (χ2v) is 14.1. The van der Waals surface area contributed by atoms with Crippen LogP contribution in [0.25, 0.3) is 110 Å². The number of aromatic nitrogens is 2. The van der Waals surface area contributed by atoms with Crippen LogP contribution in [0.15, 0.2) is 199 Å². The fourth-order valence-electron chi connectivity index (χ4n) is 8.13. The van der Waals surface area contributed by atoms with E-state index in [0.29, 0.717) is 5.82 Å². The maximum absolute atomic E-state index is 6.63. The Morgan fingerprint density at radius 3 is 1.27 bits per heavy atom. The lowest BCUT2D eigenvalue weighted by Gasteiger charge is -2.12. The highest BCUT2D eigenvalue weighted by Crippen LogP contribution is 2.39. The molecule has 0 radical (unpaired) electrons. The third-order valence-corrected chi connectivity index (χ3v) is 10.9. The van der Waals surface area contributed by atoms with Crippen LogP contribution in [-0.4, -0.2) is 9.97 Å². The minimum Gasteiger partial charge on any atom is -0.456 e. The monoisotopic (exact) mass is 700 g/mol. The molecule has 0 fully saturated rings. The fraction of sp³-hybridized carbons (Fsp3) is 0. The summed E-state index contributed by atoms with van der Waals surface area (Å²) < 4.78 is 6.63. The number of furan rings is 1. The zero-order chi connectivity index (χ0) is 36.3. The number of hydrogen-bond donors (Lipinski definition) is 0. The van der Waals surface area contributed by atoms with Gasteiger partial charge in [-0.2, -0.15) is 0 Å². The second kappa shape index (κ2) is 12.6. The summed E-state index contributed by atoms with van der Waals surface area (Å²) in [6.07, 6.45) is 0. The molecule has 0 N–H and O–H groups in total. The first-order valence-corrected chi connectivity index (χ1v) is 18.6. The van der Waals surface area contributed by atoms with E-state index in [4.69, 9.17) is 14.4 Å². The Morgan fingerprint density at radius 1 is 0.255 bits per heavy atom. The van der Waals surface area contributed by atoms with Crippen molar-refractivity contribution in [2.24, 2.45) is 0 Å². The van der Waals surface area contributed by atoms with Crippen molar-refractivity contribution in [3.63, 3.8) is 0 Å². The molecular formula is C52H32N2O. The largest absolute Gasteiger partial charge is 0.456 e. The van der Waals surface area contributed by atoms with Gasteiger partial charge in [0.2, 0.25) is 0 Å². The van der Waals surface area contributed by atoms with Crippen molar-refractivity contribution >= 4 is 54.3 Å². The molecule has 0 aliphatic rings. The summed E-state index contributed by atoms with van der Waals surface area (Å²) in [6, 6.07) is 68.5. The van der Waals surface area contributed by atoms with Crippen molar-refractivity contribution in [3.05, 3.63) is 194 Å². The predicted molar refractivity (Wildman–Crippen MR) is 229 cm³/mol. The van der Waals surface area contributed by atoms with Gasteiger partial charge in [0.25, 0.3) is 0 Å². The topological polar surface area (TPSA) is 38.9 Å². The number of fused-ring (bicyclic) bond motifs is 9. The van der Waals surface area contributed by atoms with Crippen molar-refractivity contribution in [3.8, 4) is 56.2 Å². The molecule has 3 heteroatoms. The molecule has 2 heterocycles. The highest BCUT2D eigenvalue weighted by Gasteiger charge is 2.15. The van der Waals surface area contributed by atoms with Crippen LogP contribution < -0.4 is 0 Å². The average Bonchev–Trinajstić information content (AvgIpc) is 3.64. The summed E-state index contributed by atoms with van der Waals surface area (Å²) in [6.45, 7) is 0. The van der Waals surface area contributed by atoms with Gasteiger partial charge in [0.1, 0.15) is 11.2 Å². The minimum atomic E-state index is 0.686. The molecule has 9 aromatic carbocycles. The molecule has 0 unspecified atom stereocenters. The highest BCUT2D eigenvalue weighted by molar-refractivity contribution is 6.25. The van der Waals surface area contributed by atoms with E-state index >= 15 is 0 Å². The lowest BCUT2D eigenvalue weighted by atomic mass is 9.92. The van der Waals surface area contributed by atoms with Crippen LogP contribution >= 0.6 is 0 Å². The summed E-state index contributed by atoms with van der Waals surface area (Å²) in [7, 11) is 0. The summed E-state index contributed by atoms with van der Waals surface area (Å²) in [4.78, 5) is 10.1. The molecule has 0 atom stereocenters. The molecule has 3 nitrogen and oxygen atoms in total. The molecule has 11 rings (SSSR count). The number of benzene rings is 9. The zero-order valence-electron chi connectivity index (χ0n) is 29.8. The summed E-state index contributed by atoms with van der Waals surface area (Å²) in [5.74, 6) is 0.686. The van der Waals surface area contributed by atoms with Gasteiger partial charge in [-0.05, 0) is 91.0 Å². The third-order valence-electron chi connectivity index (χ3n) is 10.9. The molecule has 0 saturated carbocycles. The van der Waals surface area contributed by atoms with Gasteiger partial charge in [-0.25, -0.2) is 9.97 Å². The van der Waals surface area contributed by atoms with Crippen LogP contribution in [0.1, 0.15) is 0 Å². The zero-order valence-corrected chi connectivity index (χ0v) is 29.8. The van der Waals surface area contributed by atoms with E-state index in [0.717, 1.165) is 61.1 Å². The maximum atomic E-state index is 6.63. The fourth-order valence-corrected chi connectivity index (χ4v) is 8.13. The van der Waals surface area contributed by atoms with Crippen molar-refractivity contribution in [1.29, 1.82) is 0 Å². The van der Waals surface area contributed by atoms with E-state index in [9.17, 15) is 0 Å². The van der Waals surface area contributed by atoms with Gasteiger partial charge in [-0.15, -0.1) is 0 Å². The minimum absolute atomic E-state index is 0.686. The van der Waals surface area contributed by atoms with Gasteiger partial charge in [0, 0.05) is 27.5 Å². The molecule has 0 spiro atoms. The van der Waals surface area contributed by atoms with Gasteiger partial charge >= 0.3 is 0 Å². The first-order valence-electron chi connectivity index (χ1n) is 18.6. The normalized spacial score (nSPS) is 11.6. The first kappa shape index (κ1) is 31.2. The summed E-state index contributed by atoms with van der Waals surface area (Å²) >= 11 is 0. The Kier molecular flexibility index (Phi) is 7.17. The molecule has 0 saturated heterocycles. The number of hydrogen-bond acceptors (Lipinski definition) is 3. The van der Waals surface area contributed by atoms with Gasteiger partial charge in [0.15, 0.2) is 5.82 Å². The van der Waals surface area contributed by atoms with Crippen LogP contribution in [0.5, 0.6) is 0 Å². The van der Waals surface area contributed by atoms with Crippen LogP contribution in [0, 0.1) is 0 Å². The van der Waals surface area contributed by atoms with E-state index in [-0.39, 0.29) is 0 Å². The van der Waals surface area contributed by atoms with Gasteiger partial charge < -0.3 is 4.42 Å². The van der Waals surface area contributed by atoms with Gasteiger partial charge in [-0.1, -0.05) is 158 Å². The molecule has 0 aliphatic carbocycles. The molecule has 0 bridgehead atoms. The molecule has 55 heavy (non-hydrogen) atoms. The first-order chi connectivity index (χ1) is 27.2. The van der Waals surface area contributed by atoms with Crippen LogP contribution in [0.4, 0.5) is 0 Å². The van der Waals surface area contributed by atoms with Gasteiger partial charge in [-0.3, -0.25) is 0 Å². The summed E-state index contributed by atoms with van der Waals surface area (Å²) in [5, 5.41) is 9.80. The van der Waals surface area contributed by atoms with E-state index in [2.05, 4.69) is 170 Å². The Hall–Kier alpha value is -7.36. The van der Waals surface area contributed by atoms with Crippen LogP contribution in [0.3, 0.4) is 0 Å². The Bertz CT molecular complexity index is 3200. The van der Waals surface area contributed by atoms with Gasteiger partial charge in [0.05, 0.1) is 11.4 Å². The van der Waals surface area contributed by atoms with E-state index in [1.807, 2.05) is 24.3 Å². The third kappa shape index (κ3) is 5.36. The Balaban J connectivity index is 0.999. The predicted octanol–water partition coefficient (Wildman–Crippen LogP) is 14.2. The Morgan fingerprint density at radius 2 is 0.655 bits per heavy atom. The summed E-state index contributed by atoms with van der Waals surface area (Å²) in [5.41, 5.74) is 11.0. The Labute approximate surface area is 317 Å². The van der Waals surface area contributed by atoms with E-state index in [1.54, 1.807) is 0 Å². The number of rotatable bonds is 5. The lowest BCUT2D eigenvalue weighted by molar-refractivity contribution is 0.669. The van der Waals surface area contributed by atoms with Crippen molar-refractivity contribution in [2.75, 3.05) is 0 Å². The van der Waals surface area contributed by atoms with Crippen molar-refractivity contribution in [2.45, 2.75) is 0 Å². The van der Waals surface area contributed by atoms with E-state index in [1.165, 1.54) is 43.4 Å². The molecule has 2 aromatic heterocycles. The van der Waals surface area contributed by atoms with Crippen LogP contribution in [0.2, 0.25) is 0 Å². The smallest absolute Gasteiger partial charge is 0.160 e. The quantitative estimate of drug-likeness (QED) is 0.168. The SMILES string of the molecule is c1ccc(-c2ccc(-c3cc(-c4ccc5c(c4)oc4cc(-c6ccc7c8ccccc8c8ccccc8c7c6)ccc45)nc(-c4ccccc4)n3)cc2)cc1. The second-order valence-electron chi connectivity index (χ2n) is 14.1. The molecular weight excluding hydrogens is 669 g/mol. The molecule has 256 valence electrons. The standard InChI is InChI=1S/C52H32N2O/c1-3-11-33(12-4-1)34-19-21-35(22-20-34)48-32-49(54-52(53-48)36-13-5-2-6-14-36)39-25-28-46-45-27-24-38(30-50(45)55-51(46)31-39)37-23-26-44-42-17-8-7-15-40(42)41-16-9-10-18-43(41)47(44)29-37/h1-32H. The van der Waals surface area contributed by atoms with Crippen LogP contribution in [-0.2, 0) is 0 Å². The van der Waals surface area contributed by atoms with Crippen molar-refractivity contribution < 1.29 is 4.42 Å². The number of nitrogens with zero attached hydrogens (tertiary/aromatic N) is 2. The average molecular weight is 701 g/mol. The molecule has 0 aliphatic heterocycles. The lowest BCUT2D eigenvalue weighted by Crippen LogP contribution is -1.95. The van der Waals surface area contributed by atoms with Crippen molar-refractivity contribution in [1.82, 2.24) is 9.97 Å². The highest BCUT2D eigenvalue weighted by atomic mass is 16.3. The molecule has 0 amide bonds. The van der Waals surface area contributed by atoms with E-state index < -0.39 is 0 Å². The maximum Gasteiger partial charge on any atom is 0.160 e.